The van der Waals surface area contributed by atoms with Gasteiger partial charge in [0.05, 0.1) is 17.1 Å². The van der Waals surface area contributed by atoms with Gasteiger partial charge in [-0.05, 0) is 24.3 Å². The van der Waals surface area contributed by atoms with Crippen LogP contribution in [0.3, 0.4) is 0 Å². The molecule has 0 aliphatic carbocycles. The van der Waals surface area contributed by atoms with Gasteiger partial charge in [-0.1, -0.05) is 23.4 Å². The van der Waals surface area contributed by atoms with E-state index in [1.165, 1.54) is 0 Å². The monoisotopic (exact) mass is 231 g/mol. The first kappa shape index (κ1) is 10.9. The van der Waals surface area contributed by atoms with Gasteiger partial charge in [0.15, 0.2) is 0 Å². The first-order chi connectivity index (χ1) is 7.81. The third-order valence-corrected chi connectivity index (χ3v) is 2.49. The van der Waals surface area contributed by atoms with Crippen molar-refractivity contribution in [2.45, 2.75) is 6.42 Å². The van der Waals surface area contributed by atoms with Gasteiger partial charge in [0.2, 0.25) is 0 Å². The van der Waals surface area contributed by atoms with Gasteiger partial charge in [-0.2, -0.15) is 0 Å². The minimum atomic E-state index is 0.0862. The summed E-state index contributed by atoms with van der Waals surface area (Å²) in [6.07, 6.45) is 2.17. The van der Waals surface area contributed by atoms with Crippen LogP contribution >= 0.6 is 11.6 Å². The lowest BCUT2D eigenvalue weighted by Gasteiger charge is -1.99. The number of aliphatic hydroxyl groups excluding tert-OH is 1. The summed E-state index contributed by atoms with van der Waals surface area (Å²) in [5.74, 6) is 5.84. The zero-order valence-corrected chi connectivity index (χ0v) is 9.33. The van der Waals surface area contributed by atoms with Gasteiger partial charge in [0.25, 0.3) is 0 Å². The molecule has 80 valence electrons. The van der Waals surface area contributed by atoms with Crippen LogP contribution in [0.1, 0.15) is 12.0 Å². The topological polar surface area (TPSA) is 33.1 Å². The molecule has 1 heterocycles. The second-order valence-electron chi connectivity index (χ2n) is 3.30. The van der Waals surface area contributed by atoms with E-state index >= 15 is 0 Å². The molecule has 2 aromatic rings. The number of fused-ring (bicyclic) bond motifs is 1. The summed E-state index contributed by atoms with van der Waals surface area (Å²) in [5.41, 5.74) is 1.75. The molecule has 0 aliphatic heterocycles. The number of nitrogens with zero attached hydrogens (tertiary/aromatic N) is 1. The molecular weight excluding hydrogens is 222 g/mol. The lowest BCUT2D eigenvalue weighted by atomic mass is 10.1. The summed E-state index contributed by atoms with van der Waals surface area (Å²) in [6, 6.07) is 7.46. The van der Waals surface area contributed by atoms with Crippen LogP contribution in [-0.4, -0.2) is 16.7 Å². The molecule has 1 N–H and O–H groups in total. The molecule has 2 rings (SSSR count). The smallest absolute Gasteiger partial charge is 0.0717 e. The molecule has 0 atom stereocenters. The molecule has 0 saturated carbocycles. The zero-order valence-electron chi connectivity index (χ0n) is 8.57. The summed E-state index contributed by atoms with van der Waals surface area (Å²) in [5, 5.41) is 10.2. The minimum Gasteiger partial charge on any atom is -0.395 e. The third kappa shape index (κ3) is 2.33. The van der Waals surface area contributed by atoms with E-state index < -0.39 is 0 Å². The molecule has 0 fully saturated rings. The maximum atomic E-state index is 8.63. The van der Waals surface area contributed by atoms with Crippen molar-refractivity contribution in [1.29, 1.82) is 0 Å². The van der Waals surface area contributed by atoms with Gasteiger partial charge in [0, 0.05) is 23.6 Å². The summed E-state index contributed by atoms with van der Waals surface area (Å²) < 4.78 is 0. The SMILES string of the molecule is OCCC#Cc1ccc2nccc(Cl)c2c1. The van der Waals surface area contributed by atoms with Crippen LogP contribution in [0.2, 0.25) is 5.02 Å². The Morgan fingerprint density at radius 2 is 2.19 bits per heavy atom. The van der Waals surface area contributed by atoms with Gasteiger partial charge in [0.1, 0.15) is 0 Å². The van der Waals surface area contributed by atoms with Crippen LogP contribution in [0.15, 0.2) is 30.5 Å². The van der Waals surface area contributed by atoms with Crippen molar-refractivity contribution in [3.8, 4) is 11.8 Å². The Morgan fingerprint density at radius 3 is 3.00 bits per heavy atom. The fraction of sp³-hybridized carbons (Fsp3) is 0.154. The van der Waals surface area contributed by atoms with E-state index in [1.54, 1.807) is 12.3 Å². The third-order valence-electron chi connectivity index (χ3n) is 2.16. The van der Waals surface area contributed by atoms with E-state index in [0.29, 0.717) is 11.4 Å². The standard InChI is InChI=1S/C13H10ClNO/c14-12-6-7-15-13-5-4-10(9-11(12)13)3-1-2-8-16/h4-7,9,16H,2,8H2. The molecule has 0 amide bonds. The Bertz CT molecular complexity index is 569. The predicted octanol–water partition coefficient (Wildman–Crippen LogP) is 2.62. The van der Waals surface area contributed by atoms with Crippen molar-refractivity contribution in [2.24, 2.45) is 0 Å². The van der Waals surface area contributed by atoms with Crippen molar-refractivity contribution in [1.82, 2.24) is 4.98 Å². The number of aliphatic hydroxyl groups is 1. The van der Waals surface area contributed by atoms with Gasteiger partial charge in [-0.15, -0.1) is 0 Å². The molecule has 0 aliphatic rings. The Kier molecular flexibility index (Phi) is 3.40. The largest absolute Gasteiger partial charge is 0.395 e. The molecule has 16 heavy (non-hydrogen) atoms. The summed E-state index contributed by atoms with van der Waals surface area (Å²) >= 11 is 6.06. The number of rotatable bonds is 1. The lowest BCUT2D eigenvalue weighted by Crippen LogP contribution is -1.82. The number of pyridine rings is 1. The quantitative estimate of drug-likeness (QED) is 0.766. The summed E-state index contributed by atoms with van der Waals surface area (Å²) in [6.45, 7) is 0.0862. The van der Waals surface area contributed by atoms with Crippen molar-refractivity contribution in [3.05, 3.63) is 41.0 Å². The Balaban J connectivity index is 2.44. The first-order valence-electron chi connectivity index (χ1n) is 4.95. The lowest BCUT2D eigenvalue weighted by molar-refractivity contribution is 0.305. The number of benzene rings is 1. The predicted molar refractivity (Wildman–Crippen MR) is 65.3 cm³/mol. The van der Waals surface area contributed by atoms with E-state index in [4.69, 9.17) is 16.7 Å². The molecule has 0 spiro atoms. The van der Waals surface area contributed by atoms with Crippen LogP contribution in [0.25, 0.3) is 10.9 Å². The van der Waals surface area contributed by atoms with E-state index in [2.05, 4.69) is 16.8 Å². The zero-order chi connectivity index (χ0) is 11.4. The fourth-order valence-corrected chi connectivity index (χ4v) is 1.62. The Labute approximate surface area is 98.9 Å². The molecule has 2 nitrogen and oxygen atoms in total. The van der Waals surface area contributed by atoms with Gasteiger partial charge in [-0.25, -0.2) is 0 Å². The van der Waals surface area contributed by atoms with Crippen LogP contribution in [-0.2, 0) is 0 Å². The molecule has 1 aromatic carbocycles. The first-order valence-corrected chi connectivity index (χ1v) is 5.33. The van der Waals surface area contributed by atoms with Crippen LogP contribution in [0.4, 0.5) is 0 Å². The molecule has 0 bridgehead atoms. The fourth-order valence-electron chi connectivity index (χ4n) is 1.41. The van der Waals surface area contributed by atoms with E-state index in [1.807, 2.05) is 18.2 Å². The number of hydrogen-bond acceptors (Lipinski definition) is 2. The van der Waals surface area contributed by atoms with Crippen LogP contribution < -0.4 is 0 Å². The number of aromatic nitrogens is 1. The van der Waals surface area contributed by atoms with E-state index in [-0.39, 0.29) is 6.61 Å². The highest BCUT2D eigenvalue weighted by atomic mass is 35.5. The Morgan fingerprint density at radius 1 is 1.31 bits per heavy atom. The van der Waals surface area contributed by atoms with Crippen molar-refractivity contribution < 1.29 is 5.11 Å². The molecule has 0 unspecified atom stereocenters. The average Bonchev–Trinajstić information content (AvgIpc) is 2.30. The van der Waals surface area contributed by atoms with Crippen molar-refractivity contribution in [2.75, 3.05) is 6.61 Å². The molecular formula is C13H10ClNO. The van der Waals surface area contributed by atoms with Crippen LogP contribution in [0.5, 0.6) is 0 Å². The second-order valence-corrected chi connectivity index (χ2v) is 3.71. The Hall–Kier alpha value is -1.56. The average molecular weight is 232 g/mol. The second kappa shape index (κ2) is 4.98. The molecule has 1 aromatic heterocycles. The van der Waals surface area contributed by atoms with E-state index in [9.17, 15) is 0 Å². The normalized spacial score (nSPS) is 9.88. The van der Waals surface area contributed by atoms with Gasteiger partial charge < -0.3 is 5.11 Å². The highest BCUT2D eigenvalue weighted by molar-refractivity contribution is 6.35. The maximum Gasteiger partial charge on any atom is 0.0717 e. The van der Waals surface area contributed by atoms with Crippen molar-refractivity contribution >= 4 is 22.5 Å². The number of hydrogen-bond donors (Lipinski definition) is 1. The highest BCUT2D eigenvalue weighted by Crippen LogP contribution is 2.22. The van der Waals surface area contributed by atoms with Gasteiger partial charge in [-0.3, -0.25) is 4.98 Å². The number of halogens is 1. The highest BCUT2D eigenvalue weighted by Gasteiger charge is 1.99. The molecule has 0 radical (unpaired) electrons. The van der Waals surface area contributed by atoms with Crippen molar-refractivity contribution in [3.63, 3.8) is 0 Å². The van der Waals surface area contributed by atoms with E-state index in [0.717, 1.165) is 16.5 Å². The van der Waals surface area contributed by atoms with Gasteiger partial charge >= 0.3 is 0 Å². The van der Waals surface area contributed by atoms with Crippen LogP contribution in [0, 0.1) is 11.8 Å². The summed E-state index contributed by atoms with van der Waals surface area (Å²) in [7, 11) is 0. The minimum absolute atomic E-state index is 0.0862. The summed E-state index contributed by atoms with van der Waals surface area (Å²) in [4.78, 5) is 4.21. The maximum absolute atomic E-state index is 8.63. The molecule has 0 saturated heterocycles. The molecule has 3 heteroatoms.